The van der Waals surface area contributed by atoms with Gasteiger partial charge in [0.2, 0.25) is 11.8 Å². The van der Waals surface area contributed by atoms with Crippen molar-refractivity contribution in [3.05, 3.63) is 0 Å². The van der Waals surface area contributed by atoms with Crippen molar-refractivity contribution in [2.75, 3.05) is 26.7 Å². The molecule has 2 amide bonds. The normalized spacial score (nSPS) is 21.8. The molecule has 1 aliphatic heterocycles. The summed E-state index contributed by atoms with van der Waals surface area (Å²) in [7, 11) is 2.02. The Hall–Kier alpha value is -0.940. The molecule has 0 bridgehead atoms. The maximum atomic E-state index is 11.1. The lowest BCUT2D eigenvalue weighted by atomic mass is 10.2. The summed E-state index contributed by atoms with van der Waals surface area (Å²) in [6.07, 6.45) is 0.272. The molecule has 5 nitrogen and oxygen atoms in total. The van der Waals surface area contributed by atoms with Crippen LogP contribution in [0.3, 0.4) is 0 Å². The van der Waals surface area contributed by atoms with E-state index in [0.717, 1.165) is 19.6 Å². The summed E-state index contributed by atoms with van der Waals surface area (Å²) in [5.74, 6) is -0.384. The second kappa shape index (κ2) is 5.07. The van der Waals surface area contributed by atoms with E-state index in [-0.39, 0.29) is 24.3 Å². The highest BCUT2D eigenvalue weighted by Crippen LogP contribution is 2.00. The van der Waals surface area contributed by atoms with Crippen molar-refractivity contribution in [2.45, 2.75) is 19.4 Å². The van der Waals surface area contributed by atoms with Gasteiger partial charge in [0, 0.05) is 13.1 Å². The molecule has 0 aliphatic carbocycles. The van der Waals surface area contributed by atoms with E-state index < -0.39 is 0 Å². The quantitative estimate of drug-likeness (QED) is 0.554. The predicted molar refractivity (Wildman–Crippen MR) is 52.7 cm³/mol. The zero-order valence-corrected chi connectivity index (χ0v) is 8.67. The Kier molecular flexibility index (Phi) is 4.03. The van der Waals surface area contributed by atoms with Crippen molar-refractivity contribution in [1.82, 2.24) is 15.5 Å². The van der Waals surface area contributed by atoms with Crippen LogP contribution in [0.1, 0.15) is 13.3 Å². The van der Waals surface area contributed by atoms with Gasteiger partial charge in [-0.25, -0.2) is 0 Å². The van der Waals surface area contributed by atoms with E-state index in [4.69, 9.17) is 0 Å². The minimum Gasteiger partial charge on any atom is -0.305 e. The Labute approximate surface area is 83.8 Å². The van der Waals surface area contributed by atoms with Crippen molar-refractivity contribution in [3.8, 4) is 0 Å². The van der Waals surface area contributed by atoms with Gasteiger partial charge in [0.15, 0.2) is 0 Å². The zero-order valence-electron chi connectivity index (χ0n) is 8.67. The summed E-state index contributed by atoms with van der Waals surface area (Å²) in [4.78, 5) is 24.1. The number of hydrogen-bond acceptors (Lipinski definition) is 4. The van der Waals surface area contributed by atoms with Crippen molar-refractivity contribution in [3.63, 3.8) is 0 Å². The van der Waals surface area contributed by atoms with Crippen molar-refractivity contribution >= 4 is 11.8 Å². The second-order valence-corrected chi connectivity index (χ2v) is 3.52. The van der Waals surface area contributed by atoms with Crippen molar-refractivity contribution in [1.29, 1.82) is 0 Å². The van der Waals surface area contributed by atoms with E-state index in [1.165, 1.54) is 0 Å². The van der Waals surface area contributed by atoms with Crippen LogP contribution in [0.2, 0.25) is 0 Å². The highest BCUT2D eigenvalue weighted by atomic mass is 16.2. The lowest BCUT2D eigenvalue weighted by Crippen LogP contribution is -2.40. The van der Waals surface area contributed by atoms with Crippen LogP contribution in [0.15, 0.2) is 0 Å². The largest absolute Gasteiger partial charge is 0.305 e. The molecule has 0 aromatic rings. The summed E-state index contributed by atoms with van der Waals surface area (Å²) in [5, 5.41) is 5.32. The van der Waals surface area contributed by atoms with E-state index >= 15 is 0 Å². The minimum absolute atomic E-state index is 0.184. The fraction of sp³-hybridized carbons (Fsp3) is 0.778. The predicted octanol–water partition coefficient (Wildman–Crippen LogP) is -1.06. The molecule has 14 heavy (non-hydrogen) atoms. The first kappa shape index (κ1) is 11.1. The number of hydrogen-bond donors (Lipinski definition) is 2. The zero-order chi connectivity index (χ0) is 10.6. The van der Waals surface area contributed by atoms with Crippen LogP contribution in [0.25, 0.3) is 0 Å². The van der Waals surface area contributed by atoms with Crippen LogP contribution in [-0.2, 0) is 9.59 Å². The highest BCUT2D eigenvalue weighted by molar-refractivity contribution is 6.05. The van der Waals surface area contributed by atoms with E-state index in [1.807, 2.05) is 7.05 Å². The topological polar surface area (TPSA) is 61.4 Å². The number of likely N-dealkylation sites (N-methyl/N-ethyl adjacent to an activating group) is 1. The average Bonchev–Trinajstić information content (AvgIpc) is 2.45. The third kappa shape index (κ3) is 3.08. The number of imide groups is 1. The number of carbonyl (C=O) groups excluding carboxylic acids is 2. The standard InChI is InChI=1S/C9H17N3O2/c1-3-12(2)5-4-10-7-6-8(13)11-9(7)14/h7,10H,3-6H2,1-2H3,(H,11,13,14). The van der Waals surface area contributed by atoms with Gasteiger partial charge in [-0.1, -0.05) is 6.92 Å². The number of nitrogens with one attached hydrogen (secondary N) is 2. The molecule has 1 saturated heterocycles. The lowest BCUT2D eigenvalue weighted by Gasteiger charge is -2.15. The molecule has 2 N–H and O–H groups in total. The molecular formula is C9H17N3O2. The molecule has 1 unspecified atom stereocenters. The Balaban J connectivity index is 2.19. The first-order chi connectivity index (χ1) is 6.63. The molecule has 0 spiro atoms. The van der Waals surface area contributed by atoms with Gasteiger partial charge in [0.1, 0.15) is 0 Å². The number of nitrogens with zero attached hydrogens (tertiary/aromatic N) is 1. The molecule has 0 aromatic carbocycles. The van der Waals surface area contributed by atoms with E-state index in [1.54, 1.807) is 0 Å². The SMILES string of the molecule is CCN(C)CCNC1CC(=O)NC1=O. The molecule has 0 saturated carbocycles. The summed E-state index contributed by atoms with van der Waals surface area (Å²) in [6.45, 7) is 4.67. The van der Waals surface area contributed by atoms with E-state index in [2.05, 4.69) is 22.5 Å². The van der Waals surface area contributed by atoms with Gasteiger partial charge in [0.25, 0.3) is 0 Å². The first-order valence-electron chi connectivity index (χ1n) is 4.89. The Morgan fingerprint density at radius 2 is 2.29 bits per heavy atom. The van der Waals surface area contributed by atoms with Crippen LogP contribution < -0.4 is 10.6 Å². The van der Waals surface area contributed by atoms with Crippen LogP contribution >= 0.6 is 0 Å². The monoisotopic (exact) mass is 199 g/mol. The van der Waals surface area contributed by atoms with Gasteiger partial charge < -0.3 is 10.2 Å². The molecule has 1 fully saturated rings. The molecule has 1 aliphatic rings. The summed E-state index contributed by atoms with van der Waals surface area (Å²) in [5.41, 5.74) is 0. The van der Waals surface area contributed by atoms with Crippen molar-refractivity contribution < 1.29 is 9.59 Å². The number of amides is 2. The van der Waals surface area contributed by atoms with Crippen LogP contribution in [0, 0.1) is 0 Å². The van der Waals surface area contributed by atoms with Gasteiger partial charge in [-0.2, -0.15) is 0 Å². The van der Waals surface area contributed by atoms with Gasteiger partial charge in [-0.3, -0.25) is 14.9 Å². The molecule has 80 valence electrons. The Morgan fingerprint density at radius 1 is 1.57 bits per heavy atom. The Morgan fingerprint density at radius 3 is 2.79 bits per heavy atom. The molecule has 1 rings (SSSR count). The van der Waals surface area contributed by atoms with Gasteiger partial charge in [-0.05, 0) is 13.6 Å². The molecular weight excluding hydrogens is 182 g/mol. The maximum Gasteiger partial charge on any atom is 0.244 e. The van der Waals surface area contributed by atoms with E-state index in [9.17, 15) is 9.59 Å². The summed E-state index contributed by atoms with van der Waals surface area (Å²) in [6, 6.07) is -0.326. The molecule has 1 heterocycles. The maximum absolute atomic E-state index is 11.1. The summed E-state index contributed by atoms with van der Waals surface area (Å²) < 4.78 is 0. The fourth-order valence-electron chi connectivity index (χ4n) is 1.31. The number of rotatable bonds is 5. The average molecular weight is 199 g/mol. The van der Waals surface area contributed by atoms with Crippen LogP contribution in [0.4, 0.5) is 0 Å². The number of carbonyl (C=O) groups is 2. The fourth-order valence-corrected chi connectivity index (χ4v) is 1.31. The third-order valence-corrected chi connectivity index (χ3v) is 2.39. The van der Waals surface area contributed by atoms with Crippen LogP contribution in [0.5, 0.6) is 0 Å². The molecule has 1 atom stereocenters. The van der Waals surface area contributed by atoms with Gasteiger partial charge in [-0.15, -0.1) is 0 Å². The minimum atomic E-state index is -0.326. The molecule has 0 aromatic heterocycles. The second-order valence-electron chi connectivity index (χ2n) is 3.52. The van der Waals surface area contributed by atoms with Gasteiger partial charge >= 0.3 is 0 Å². The smallest absolute Gasteiger partial charge is 0.244 e. The van der Waals surface area contributed by atoms with Gasteiger partial charge in [0.05, 0.1) is 12.5 Å². The summed E-state index contributed by atoms with van der Waals surface area (Å²) >= 11 is 0. The van der Waals surface area contributed by atoms with E-state index in [0.29, 0.717) is 0 Å². The highest BCUT2D eigenvalue weighted by Gasteiger charge is 2.29. The third-order valence-electron chi connectivity index (χ3n) is 2.39. The first-order valence-corrected chi connectivity index (χ1v) is 4.89. The van der Waals surface area contributed by atoms with Crippen LogP contribution in [-0.4, -0.2) is 49.4 Å². The molecule has 0 radical (unpaired) electrons. The lowest BCUT2D eigenvalue weighted by molar-refractivity contribution is -0.125. The molecule has 5 heteroatoms. The van der Waals surface area contributed by atoms with Crippen molar-refractivity contribution in [2.24, 2.45) is 0 Å². The Bertz CT molecular complexity index is 230.